The molecule has 3 saturated carbocycles. The molecule has 4 aliphatic carbocycles. The van der Waals surface area contributed by atoms with Gasteiger partial charge < -0.3 is 9.47 Å². The largest absolute Gasteiger partial charge is 0.353 e. The summed E-state index contributed by atoms with van der Waals surface area (Å²) in [4.78, 5) is 12.0. The Morgan fingerprint density at radius 1 is 1.04 bits per heavy atom. The summed E-state index contributed by atoms with van der Waals surface area (Å²) in [5.41, 5.74) is 0.558. The fourth-order valence-corrected chi connectivity index (χ4v) is 7.81. The van der Waals surface area contributed by atoms with Crippen molar-refractivity contribution in [1.82, 2.24) is 0 Å². The summed E-state index contributed by atoms with van der Waals surface area (Å²) in [5.74, 6) is 3.27. The summed E-state index contributed by atoms with van der Waals surface area (Å²) in [6.07, 6.45) is 16.6. The van der Waals surface area contributed by atoms with Crippen molar-refractivity contribution in [2.45, 2.75) is 90.4 Å². The molecular formula is C24H36O3. The normalized spacial score (nSPS) is 52.1. The second-order valence-electron chi connectivity index (χ2n) is 10.6. The van der Waals surface area contributed by atoms with E-state index < -0.39 is 0 Å². The summed E-state index contributed by atoms with van der Waals surface area (Å²) in [7, 11) is 0. The van der Waals surface area contributed by atoms with Crippen LogP contribution in [0, 0.1) is 34.5 Å². The topological polar surface area (TPSA) is 35.5 Å². The van der Waals surface area contributed by atoms with Gasteiger partial charge in [-0.2, -0.15) is 0 Å². The Balaban J connectivity index is 1.35. The molecule has 0 amide bonds. The molecule has 0 radical (unpaired) electrons. The van der Waals surface area contributed by atoms with Crippen LogP contribution >= 0.6 is 0 Å². The van der Waals surface area contributed by atoms with Crippen molar-refractivity contribution in [2.24, 2.45) is 34.5 Å². The maximum atomic E-state index is 12.0. The first-order valence-electron chi connectivity index (χ1n) is 11.5. The van der Waals surface area contributed by atoms with Crippen molar-refractivity contribution >= 4 is 5.78 Å². The van der Waals surface area contributed by atoms with Crippen LogP contribution in [0.4, 0.5) is 0 Å². The molecule has 0 aromatic carbocycles. The molecule has 150 valence electrons. The Hall–Kier alpha value is -0.670. The molecule has 1 saturated heterocycles. The van der Waals surface area contributed by atoms with E-state index in [-0.39, 0.29) is 11.7 Å². The first-order valence-corrected chi connectivity index (χ1v) is 11.5. The molecule has 0 bridgehead atoms. The summed E-state index contributed by atoms with van der Waals surface area (Å²) < 4.78 is 12.5. The fourth-order valence-electron chi connectivity index (χ4n) is 7.81. The maximum absolute atomic E-state index is 12.0. The Morgan fingerprint density at radius 2 is 1.93 bits per heavy atom. The van der Waals surface area contributed by atoms with Gasteiger partial charge in [-0.1, -0.05) is 19.9 Å². The second-order valence-corrected chi connectivity index (χ2v) is 10.6. The molecule has 1 aliphatic heterocycles. The van der Waals surface area contributed by atoms with E-state index in [0.29, 0.717) is 23.2 Å². The van der Waals surface area contributed by atoms with E-state index >= 15 is 0 Å². The highest BCUT2D eigenvalue weighted by atomic mass is 16.7. The number of fused-ring (bicyclic) bond motifs is 5. The lowest BCUT2D eigenvalue weighted by atomic mass is 9.46. The summed E-state index contributed by atoms with van der Waals surface area (Å²) in [6, 6.07) is 0. The van der Waals surface area contributed by atoms with Gasteiger partial charge in [-0.15, -0.1) is 0 Å². The molecule has 0 aromatic heterocycles. The Morgan fingerprint density at radius 3 is 2.74 bits per heavy atom. The van der Waals surface area contributed by atoms with Crippen LogP contribution in [0.2, 0.25) is 0 Å². The third-order valence-corrected chi connectivity index (χ3v) is 9.41. The van der Waals surface area contributed by atoms with Crippen LogP contribution in [0.25, 0.3) is 0 Å². The van der Waals surface area contributed by atoms with Gasteiger partial charge in [0.25, 0.3) is 0 Å². The summed E-state index contributed by atoms with van der Waals surface area (Å²) in [6.45, 7) is 5.84. The molecular weight excluding hydrogens is 336 g/mol. The van der Waals surface area contributed by atoms with E-state index in [9.17, 15) is 4.79 Å². The number of hydrogen-bond donors (Lipinski definition) is 0. The first kappa shape index (κ1) is 18.4. The third kappa shape index (κ3) is 2.87. The highest BCUT2D eigenvalue weighted by Crippen LogP contribution is 2.65. The molecule has 0 N–H and O–H groups in total. The number of allylic oxidation sites excluding steroid dienone is 2. The second kappa shape index (κ2) is 6.69. The fraction of sp³-hybridized carbons (Fsp3) is 0.875. The number of hydrogen-bond acceptors (Lipinski definition) is 3. The van der Waals surface area contributed by atoms with Crippen LogP contribution in [-0.2, 0) is 14.3 Å². The molecule has 8 atom stereocenters. The molecule has 3 heteroatoms. The van der Waals surface area contributed by atoms with Crippen LogP contribution < -0.4 is 0 Å². The average molecular weight is 373 g/mol. The van der Waals surface area contributed by atoms with Gasteiger partial charge in [0.15, 0.2) is 12.1 Å². The molecule has 5 rings (SSSR count). The number of ketones is 1. The Labute approximate surface area is 164 Å². The van der Waals surface area contributed by atoms with Crippen LogP contribution in [0.15, 0.2) is 12.2 Å². The Kier molecular flexibility index (Phi) is 4.55. The monoisotopic (exact) mass is 372 g/mol. The zero-order valence-electron chi connectivity index (χ0n) is 17.1. The van der Waals surface area contributed by atoms with Crippen molar-refractivity contribution in [1.29, 1.82) is 0 Å². The predicted octanol–water partition coefficient (Wildman–Crippen LogP) is 5.29. The van der Waals surface area contributed by atoms with E-state index in [4.69, 9.17) is 9.47 Å². The van der Waals surface area contributed by atoms with Gasteiger partial charge in [-0.25, -0.2) is 0 Å². The number of ether oxygens (including phenoxy) is 2. The van der Waals surface area contributed by atoms with Crippen molar-refractivity contribution in [3.63, 3.8) is 0 Å². The number of carbonyl (C=O) groups excluding carboxylic acids is 1. The quantitative estimate of drug-likeness (QED) is 0.661. The lowest BCUT2D eigenvalue weighted by Crippen LogP contribution is -2.53. The highest BCUT2D eigenvalue weighted by Gasteiger charge is 2.60. The van der Waals surface area contributed by atoms with Gasteiger partial charge in [-0.05, 0) is 98.4 Å². The zero-order chi connectivity index (χ0) is 18.6. The molecule has 3 nitrogen and oxygen atoms in total. The van der Waals surface area contributed by atoms with Gasteiger partial charge >= 0.3 is 0 Å². The number of carbonyl (C=O) groups is 1. The third-order valence-electron chi connectivity index (χ3n) is 9.41. The molecule has 1 heterocycles. The minimum Gasteiger partial charge on any atom is -0.353 e. The van der Waals surface area contributed by atoms with E-state index in [2.05, 4.69) is 19.9 Å². The molecule has 0 spiro atoms. The van der Waals surface area contributed by atoms with Crippen molar-refractivity contribution in [3.05, 3.63) is 12.2 Å². The molecule has 5 aliphatic rings. The van der Waals surface area contributed by atoms with E-state index in [0.717, 1.165) is 37.2 Å². The van der Waals surface area contributed by atoms with Gasteiger partial charge in [0.05, 0.1) is 6.10 Å². The zero-order valence-corrected chi connectivity index (χ0v) is 17.1. The van der Waals surface area contributed by atoms with Gasteiger partial charge in [0, 0.05) is 13.0 Å². The lowest BCUT2D eigenvalue weighted by Gasteiger charge is -2.58. The van der Waals surface area contributed by atoms with E-state index in [1.54, 1.807) is 0 Å². The molecule has 4 fully saturated rings. The SMILES string of the molecule is CC12C=CC(=O)CC1CCC1C2CCC2(C)C(OC3CCCCO3)CCC12. The van der Waals surface area contributed by atoms with E-state index in [1.165, 1.54) is 51.4 Å². The summed E-state index contributed by atoms with van der Waals surface area (Å²) >= 11 is 0. The number of rotatable bonds is 2. The van der Waals surface area contributed by atoms with Crippen molar-refractivity contribution < 1.29 is 14.3 Å². The minimum atomic E-state index is 0.0394. The standard InChI is InChI=1S/C24H36O3/c1-23-12-10-17(25)15-16(23)6-7-18-19-8-9-21(24(19,2)13-11-20(18)23)27-22-5-3-4-14-26-22/h10,12,16,18-22H,3-9,11,13-15H2,1-2H3. The van der Waals surface area contributed by atoms with Crippen molar-refractivity contribution in [2.75, 3.05) is 6.61 Å². The van der Waals surface area contributed by atoms with Crippen LogP contribution in [0.1, 0.15) is 78.1 Å². The highest BCUT2D eigenvalue weighted by molar-refractivity contribution is 5.91. The van der Waals surface area contributed by atoms with Gasteiger partial charge in [-0.3, -0.25) is 4.79 Å². The van der Waals surface area contributed by atoms with Gasteiger partial charge in [0.1, 0.15) is 0 Å². The van der Waals surface area contributed by atoms with Crippen LogP contribution in [0.5, 0.6) is 0 Å². The maximum Gasteiger partial charge on any atom is 0.157 e. The summed E-state index contributed by atoms with van der Waals surface area (Å²) in [5, 5.41) is 0. The predicted molar refractivity (Wildman–Crippen MR) is 105 cm³/mol. The average Bonchev–Trinajstić information content (AvgIpc) is 3.00. The molecule has 8 unspecified atom stereocenters. The first-order chi connectivity index (χ1) is 13.0. The van der Waals surface area contributed by atoms with E-state index in [1.807, 2.05) is 6.08 Å². The van der Waals surface area contributed by atoms with Crippen LogP contribution in [-0.4, -0.2) is 24.8 Å². The van der Waals surface area contributed by atoms with Crippen molar-refractivity contribution in [3.8, 4) is 0 Å². The lowest BCUT2D eigenvalue weighted by molar-refractivity contribution is -0.217. The Bertz CT molecular complexity index is 621. The minimum absolute atomic E-state index is 0.0394. The van der Waals surface area contributed by atoms with Crippen LogP contribution in [0.3, 0.4) is 0 Å². The smallest absolute Gasteiger partial charge is 0.157 e. The molecule has 27 heavy (non-hydrogen) atoms. The van der Waals surface area contributed by atoms with Gasteiger partial charge in [0.2, 0.25) is 0 Å². The molecule has 0 aromatic rings.